The first kappa shape index (κ1) is 20.5. The normalized spacial score (nSPS) is 20.2. The van der Waals surface area contributed by atoms with Gasteiger partial charge in [-0.05, 0) is 47.7 Å². The molecule has 0 aromatic heterocycles. The van der Waals surface area contributed by atoms with E-state index in [9.17, 15) is 9.18 Å². The molecule has 2 N–H and O–H groups in total. The summed E-state index contributed by atoms with van der Waals surface area (Å²) in [7, 11) is -5.26. The lowest BCUT2D eigenvalue weighted by Crippen LogP contribution is -2.68. The van der Waals surface area contributed by atoms with E-state index in [-0.39, 0.29) is 11.7 Å². The molecule has 1 heterocycles. The molecule has 2 aromatic rings. The van der Waals surface area contributed by atoms with Gasteiger partial charge < -0.3 is 5.73 Å². The van der Waals surface area contributed by atoms with Gasteiger partial charge in [0.1, 0.15) is 5.82 Å². The summed E-state index contributed by atoms with van der Waals surface area (Å²) in [6.45, 7) is 17.0. The first-order valence-corrected chi connectivity index (χ1v) is 21.3. The molecule has 0 fully saturated rings. The molecule has 0 bridgehead atoms. The van der Waals surface area contributed by atoms with Crippen LogP contribution in [0, 0.1) is 5.82 Å². The molecule has 2 aromatic carbocycles. The fraction of sp³-hybridized carbons (Fsp3) is 0.348. The molecule has 0 atom stereocenters. The summed E-state index contributed by atoms with van der Waals surface area (Å²) in [4.78, 5) is 12.4. The molecule has 2 nitrogen and oxygen atoms in total. The van der Waals surface area contributed by atoms with E-state index >= 15 is 0 Å². The van der Waals surface area contributed by atoms with E-state index in [1.807, 2.05) is 12.1 Å². The Kier molecular flexibility index (Phi) is 4.33. The fourth-order valence-corrected chi connectivity index (χ4v) is 40.6. The number of primary amides is 1. The molecule has 1 aliphatic heterocycles. The molecule has 0 unspecified atom stereocenters. The summed E-state index contributed by atoms with van der Waals surface area (Å²) in [6.07, 6.45) is 2.81. The average Bonchev–Trinajstić information content (AvgIpc) is 3.06. The van der Waals surface area contributed by atoms with Gasteiger partial charge in [0.2, 0.25) is 5.91 Å². The molecular weight excluding hydrogens is 410 g/mol. The monoisotopic (exact) mass is 439 g/mol. The van der Waals surface area contributed by atoms with Crippen LogP contribution >= 0.6 is 0 Å². The highest BCUT2D eigenvalue weighted by molar-refractivity contribution is 7.76. The summed E-state index contributed by atoms with van der Waals surface area (Å²) in [5.74, 6) is -0.437. The Morgan fingerprint density at radius 3 is 2.14 bits per heavy atom. The van der Waals surface area contributed by atoms with Gasteiger partial charge in [-0.25, -0.2) is 4.39 Å². The zero-order valence-electron chi connectivity index (χ0n) is 18.5. The maximum Gasteiger partial charge on any atom is 0.248 e. The zero-order chi connectivity index (χ0) is 21.5. The molecule has 1 amide bonds. The van der Waals surface area contributed by atoms with Gasteiger partial charge in [-0.1, -0.05) is 73.4 Å². The van der Waals surface area contributed by atoms with Crippen LogP contribution in [-0.2, 0) is 6.42 Å². The number of hydrogen-bond donors (Lipinski definition) is 1. The van der Waals surface area contributed by atoms with Crippen molar-refractivity contribution in [2.75, 3.05) is 0 Å². The minimum absolute atomic E-state index is 0.122. The van der Waals surface area contributed by atoms with Crippen molar-refractivity contribution in [3.8, 4) is 11.1 Å². The largest absolute Gasteiger partial charge is 0.366 e. The van der Waals surface area contributed by atoms with Crippen LogP contribution in [-0.4, -0.2) is 28.2 Å². The number of carbonyl (C=O) groups excluding carboxylic acids is 1. The van der Waals surface area contributed by atoms with Crippen LogP contribution in [0.1, 0.15) is 28.4 Å². The minimum Gasteiger partial charge on any atom is -0.366 e. The van der Waals surface area contributed by atoms with Crippen molar-refractivity contribution < 1.29 is 9.18 Å². The molecule has 152 valence electrons. The van der Waals surface area contributed by atoms with Crippen molar-refractivity contribution in [3.05, 3.63) is 52.3 Å². The summed E-state index contributed by atoms with van der Waals surface area (Å²) in [5, 5.41) is 2.72. The Morgan fingerprint density at radius 2 is 1.52 bits per heavy atom. The number of nitrogens with two attached hydrogens (primary N) is 1. The van der Waals surface area contributed by atoms with Gasteiger partial charge in [0.15, 0.2) is 0 Å². The van der Waals surface area contributed by atoms with Crippen LogP contribution in [0.3, 0.4) is 0 Å². The van der Waals surface area contributed by atoms with E-state index in [0.29, 0.717) is 6.42 Å². The SMILES string of the molecule is CC1=Cc2c(-c3ccc(C(N)=O)c4c3[Si](C)(C)[Si](C)(C)[Si]4(C)C)ccc(F)c2C1. The Balaban J connectivity index is 2.14. The summed E-state index contributed by atoms with van der Waals surface area (Å²) in [6, 6.07) is 7.58. The van der Waals surface area contributed by atoms with Gasteiger partial charge in [0.25, 0.3) is 0 Å². The number of hydrogen-bond acceptors (Lipinski definition) is 1. The van der Waals surface area contributed by atoms with Crippen molar-refractivity contribution in [1.82, 2.24) is 0 Å². The Bertz CT molecular complexity index is 1120. The Morgan fingerprint density at radius 1 is 0.931 bits per heavy atom. The third-order valence-corrected chi connectivity index (χ3v) is 49.8. The average molecular weight is 440 g/mol. The highest BCUT2D eigenvalue weighted by Crippen LogP contribution is 2.40. The standard InChI is InChI=1S/C23H30FNOSi3/c1-14-12-18-15(10-11-20(24)19(18)13-14)16-8-9-17(23(25)26)22-21(16)27(2,3)29(6,7)28(22,4)5/h8-12H,13H2,1-7H3,(H2,25,26). The predicted octanol–water partition coefficient (Wildman–Crippen LogP) is 4.26. The zero-order valence-corrected chi connectivity index (χ0v) is 21.5. The molecule has 2 aliphatic rings. The number of carbonyl (C=O) groups is 1. The van der Waals surface area contributed by atoms with E-state index in [4.69, 9.17) is 5.73 Å². The molecule has 0 spiro atoms. The number of fused-ring (bicyclic) bond motifs is 2. The van der Waals surface area contributed by atoms with Crippen molar-refractivity contribution >= 4 is 44.6 Å². The van der Waals surface area contributed by atoms with E-state index in [0.717, 1.165) is 22.3 Å². The summed E-state index contributed by atoms with van der Waals surface area (Å²) in [5.41, 5.74) is 11.9. The Hall–Kier alpha value is -1.77. The molecule has 1 aliphatic carbocycles. The molecular formula is C23H30FNOSi3. The van der Waals surface area contributed by atoms with Gasteiger partial charge in [-0.2, -0.15) is 0 Å². The van der Waals surface area contributed by atoms with E-state index in [1.54, 1.807) is 6.07 Å². The van der Waals surface area contributed by atoms with Crippen LogP contribution < -0.4 is 16.1 Å². The third-order valence-electron chi connectivity index (χ3n) is 8.28. The van der Waals surface area contributed by atoms with E-state index < -0.39 is 22.3 Å². The van der Waals surface area contributed by atoms with Gasteiger partial charge in [0, 0.05) is 12.7 Å². The van der Waals surface area contributed by atoms with Crippen molar-refractivity contribution in [2.24, 2.45) is 5.73 Å². The van der Waals surface area contributed by atoms with Crippen LogP contribution in [0.15, 0.2) is 29.8 Å². The van der Waals surface area contributed by atoms with Crippen molar-refractivity contribution in [1.29, 1.82) is 0 Å². The predicted molar refractivity (Wildman–Crippen MR) is 129 cm³/mol. The summed E-state index contributed by atoms with van der Waals surface area (Å²) >= 11 is 0. The Labute approximate surface area is 175 Å². The van der Waals surface area contributed by atoms with Crippen LogP contribution in [0.5, 0.6) is 0 Å². The lowest BCUT2D eigenvalue weighted by atomic mass is 9.95. The smallest absolute Gasteiger partial charge is 0.248 e. The van der Waals surface area contributed by atoms with Gasteiger partial charge >= 0.3 is 0 Å². The molecule has 0 saturated heterocycles. The first-order chi connectivity index (χ1) is 13.3. The maximum absolute atomic E-state index is 14.5. The lowest BCUT2D eigenvalue weighted by Gasteiger charge is -2.40. The second kappa shape index (κ2) is 6.12. The maximum atomic E-state index is 14.5. The van der Waals surface area contributed by atoms with Gasteiger partial charge in [-0.15, -0.1) is 0 Å². The number of allylic oxidation sites excluding steroid dienone is 1. The lowest BCUT2D eigenvalue weighted by molar-refractivity contribution is 0.100. The highest BCUT2D eigenvalue weighted by Gasteiger charge is 2.62. The molecule has 0 radical (unpaired) electrons. The van der Waals surface area contributed by atoms with Crippen LogP contribution in [0.4, 0.5) is 4.39 Å². The fourth-order valence-electron chi connectivity index (χ4n) is 5.53. The molecule has 29 heavy (non-hydrogen) atoms. The van der Waals surface area contributed by atoms with Crippen LogP contribution in [0.25, 0.3) is 17.2 Å². The van der Waals surface area contributed by atoms with Crippen LogP contribution in [0.2, 0.25) is 39.3 Å². The van der Waals surface area contributed by atoms with Crippen molar-refractivity contribution in [3.63, 3.8) is 0 Å². The second-order valence-corrected chi connectivity index (χ2v) is 37.6. The number of rotatable bonds is 2. The second-order valence-electron chi connectivity index (χ2n) is 10.3. The highest BCUT2D eigenvalue weighted by atomic mass is 29.6. The third kappa shape index (κ3) is 2.52. The number of amides is 1. The quantitative estimate of drug-likeness (QED) is 0.698. The van der Waals surface area contributed by atoms with Gasteiger partial charge in [0.05, 0.1) is 15.2 Å². The van der Waals surface area contributed by atoms with Crippen molar-refractivity contribution in [2.45, 2.75) is 52.6 Å². The topological polar surface area (TPSA) is 43.1 Å². The van der Waals surface area contributed by atoms with E-state index in [1.165, 1.54) is 21.5 Å². The van der Waals surface area contributed by atoms with Gasteiger partial charge in [-0.3, -0.25) is 4.79 Å². The number of benzene rings is 2. The van der Waals surface area contributed by atoms with E-state index in [2.05, 4.69) is 58.3 Å². The minimum atomic E-state index is -1.84. The number of halogens is 1. The molecule has 6 heteroatoms. The first-order valence-electron chi connectivity index (χ1n) is 10.3. The molecule has 4 rings (SSSR count). The molecule has 0 saturated carbocycles. The summed E-state index contributed by atoms with van der Waals surface area (Å²) < 4.78 is 14.5.